The third-order valence-corrected chi connectivity index (χ3v) is 3.76. The molecule has 2 rings (SSSR count). The molecule has 2 N–H and O–H groups in total. The minimum Gasteiger partial charge on any atom is -0.465 e. The number of nitrogens with two attached hydrogens (primary N) is 1. The van der Waals surface area contributed by atoms with Gasteiger partial charge in [0.2, 0.25) is 0 Å². The first-order valence-electron chi connectivity index (χ1n) is 4.86. The Morgan fingerprint density at radius 3 is 2.76 bits per heavy atom. The maximum Gasteiger partial charge on any atom is 0.350 e. The molecule has 0 aliphatic carbocycles. The quantitative estimate of drug-likeness (QED) is 0.848. The highest BCUT2D eigenvalue weighted by atomic mass is 35.5. The molecule has 0 fully saturated rings. The summed E-state index contributed by atoms with van der Waals surface area (Å²) in [6, 6.07) is 9.15. The molecular formula is C12H10ClNO2S. The average Bonchev–Trinajstić information content (AvgIpc) is 2.71. The summed E-state index contributed by atoms with van der Waals surface area (Å²) in [5, 5.41) is 0.630. The summed E-state index contributed by atoms with van der Waals surface area (Å²) in [6.45, 7) is 0. The minimum absolute atomic E-state index is 0.405. The van der Waals surface area contributed by atoms with E-state index in [0.29, 0.717) is 15.6 Å². The molecule has 0 amide bonds. The molecule has 17 heavy (non-hydrogen) atoms. The fourth-order valence-corrected chi connectivity index (χ4v) is 2.78. The number of hydrogen-bond acceptors (Lipinski definition) is 4. The normalized spacial score (nSPS) is 10.2. The molecule has 0 saturated heterocycles. The zero-order valence-electron chi connectivity index (χ0n) is 9.07. The zero-order chi connectivity index (χ0) is 12.4. The summed E-state index contributed by atoms with van der Waals surface area (Å²) < 4.78 is 4.66. The topological polar surface area (TPSA) is 52.3 Å². The van der Waals surface area contributed by atoms with Crippen LogP contribution in [0.25, 0.3) is 10.4 Å². The Morgan fingerprint density at radius 2 is 2.12 bits per heavy atom. The molecule has 0 unspecified atom stereocenters. The van der Waals surface area contributed by atoms with E-state index in [1.54, 1.807) is 12.1 Å². The molecule has 3 nitrogen and oxygen atoms in total. The van der Waals surface area contributed by atoms with E-state index in [1.807, 2.05) is 18.2 Å². The number of benzene rings is 1. The second-order valence-electron chi connectivity index (χ2n) is 3.37. The number of esters is 1. The number of ether oxygens (including phenoxy) is 1. The molecule has 0 spiro atoms. The largest absolute Gasteiger partial charge is 0.465 e. The summed E-state index contributed by atoms with van der Waals surface area (Å²) in [7, 11) is 1.33. The highest BCUT2D eigenvalue weighted by Crippen LogP contribution is 2.36. The molecule has 1 aromatic heterocycles. The van der Waals surface area contributed by atoms with Crippen LogP contribution in [-0.4, -0.2) is 13.1 Å². The maximum absolute atomic E-state index is 11.4. The van der Waals surface area contributed by atoms with E-state index >= 15 is 0 Å². The number of thiophene rings is 1. The van der Waals surface area contributed by atoms with Gasteiger partial charge in [-0.3, -0.25) is 0 Å². The number of halogens is 1. The third kappa shape index (κ3) is 2.28. The van der Waals surface area contributed by atoms with E-state index in [1.165, 1.54) is 18.4 Å². The predicted molar refractivity (Wildman–Crippen MR) is 70.5 cm³/mol. The van der Waals surface area contributed by atoms with Crippen LogP contribution in [0.15, 0.2) is 30.3 Å². The average molecular weight is 268 g/mol. The predicted octanol–water partition coefficient (Wildman–Crippen LogP) is 3.44. The molecule has 0 saturated carbocycles. The molecule has 0 radical (unpaired) electrons. The van der Waals surface area contributed by atoms with Crippen molar-refractivity contribution in [1.82, 2.24) is 0 Å². The molecular weight excluding hydrogens is 258 g/mol. The Bertz CT molecular complexity index is 565. The Balaban J connectivity index is 2.49. The molecule has 88 valence electrons. The summed E-state index contributed by atoms with van der Waals surface area (Å²) >= 11 is 7.36. The molecule has 2 aromatic rings. The van der Waals surface area contributed by atoms with Gasteiger partial charge < -0.3 is 10.5 Å². The Morgan fingerprint density at radius 1 is 1.41 bits per heavy atom. The molecule has 1 aromatic carbocycles. The van der Waals surface area contributed by atoms with Crippen molar-refractivity contribution in [2.24, 2.45) is 0 Å². The zero-order valence-corrected chi connectivity index (χ0v) is 10.6. The van der Waals surface area contributed by atoms with E-state index in [-0.39, 0.29) is 0 Å². The lowest BCUT2D eigenvalue weighted by atomic mass is 10.2. The summed E-state index contributed by atoms with van der Waals surface area (Å²) in [6.07, 6.45) is 0. The van der Waals surface area contributed by atoms with Gasteiger partial charge in [-0.05, 0) is 12.1 Å². The smallest absolute Gasteiger partial charge is 0.350 e. The van der Waals surface area contributed by atoms with Crippen LogP contribution in [0, 0.1) is 0 Å². The number of carbonyl (C=O) groups excluding carboxylic acids is 1. The molecule has 0 aliphatic heterocycles. The monoisotopic (exact) mass is 267 g/mol. The Labute approximate surface area is 108 Å². The molecule has 0 aliphatic rings. The van der Waals surface area contributed by atoms with E-state index in [4.69, 9.17) is 17.3 Å². The van der Waals surface area contributed by atoms with Crippen LogP contribution in [0.3, 0.4) is 0 Å². The van der Waals surface area contributed by atoms with Gasteiger partial charge >= 0.3 is 5.97 Å². The number of anilines is 1. The first-order valence-corrected chi connectivity index (χ1v) is 6.05. The number of rotatable bonds is 2. The standard InChI is InChI=1S/C12H10ClNO2S/c1-16-12(15)11-9(14)6-10(17-11)7-4-2-3-5-8(7)13/h2-6H,14H2,1H3. The number of carbonyl (C=O) groups is 1. The van der Waals surface area contributed by atoms with Crippen molar-refractivity contribution in [2.45, 2.75) is 0 Å². The van der Waals surface area contributed by atoms with E-state index in [0.717, 1.165) is 10.4 Å². The van der Waals surface area contributed by atoms with Crippen molar-refractivity contribution in [3.05, 3.63) is 40.2 Å². The Hall–Kier alpha value is -1.52. The van der Waals surface area contributed by atoms with E-state index in [2.05, 4.69) is 4.74 Å². The van der Waals surface area contributed by atoms with Gasteiger partial charge in [0, 0.05) is 15.5 Å². The van der Waals surface area contributed by atoms with Crippen LogP contribution in [-0.2, 0) is 4.74 Å². The lowest BCUT2D eigenvalue weighted by molar-refractivity contribution is 0.0607. The highest BCUT2D eigenvalue weighted by molar-refractivity contribution is 7.18. The van der Waals surface area contributed by atoms with Gasteiger partial charge in [0.15, 0.2) is 0 Å². The van der Waals surface area contributed by atoms with E-state index < -0.39 is 5.97 Å². The van der Waals surface area contributed by atoms with Gasteiger partial charge in [-0.15, -0.1) is 11.3 Å². The first kappa shape index (κ1) is 12.0. The highest BCUT2D eigenvalue weighted by Gasteiger charge is 2.16. The second-order valence-corrected chi connectivity index (χ2v) is 4.83. The van der Waals surface area contributed by atoms with Crippen LogP contribution in [0.5, 0.6) is 0 Å². The number of methoxy groups -OCH3 is 1. The second kappa shape index (κ2) is 4.77. The van der Waals surface area contributed by atoms with Crippen LogP contribution >= 0.6 is 22.9 Å². The SMILES string of the molecule is COC(=O)c1sc(-c2ccccc2Cl)cc1N. The molecule has 5 heteroatoms. The van der Waals surface area contributed by atoms with Crippen LogP contribution in [0.2, 0.25) is 5.02 Å². The summed E-state index contributed by atoms with van der Waals surface area (Å²) in [5.41, 5.74) is 7.05. The van der Waals surface area contributed by atoms with Crippen molar-refractivity contribution >= 4 is 34.6 Å². The van der Waals surface area contributed by atoms with Crippen molar-refractivity contribution in [2.75, 3.05) is 12.8 Å². The van der Waals surface area contributed by atoms with Crippen molar-refractivity contribution in [3.63, 3.8) is 0 Å². The van der Waals surface area contributed by atoms with Crippen LogP contribution < -0.4 is 5.73 Å². The summed E-state index contributed by atoms with van der Waals surface area (Å²) in [5.74, 6) is -0.425. The van der Waals surface area contributed by atoms with Crippen molar-refractivity contribution in [1.29, 1.82) is 0 Å². The fourth-order valence-electron chi connectivity index (χ4n) is 1.45. The van der Waals surface area contributed by atoms with Crippen LogP contribution in [0.1, 0.15) is 9.67 Å². The molecule has 0 bridgehead atoms. The Kier molecular flexibility index (Phi) is 3.36. The van der Waals surface area contributed by atoms with Crippen molar-refractivity contribution in [3.8, 4) is 10.4 Å². The number of nitrogen functional groups attached to an aromatic ring is 1. The van der Waals surface area contributed by atoms with Gasteiger partial charge in [0.1, 0.15) is 4.88 Å². The van der Waals surface area contributed by atoms with Gasteiger partial charge in [-0.2, -0.15) is 0 Å². The minimum atomic E-state index is -0.425. The molecule has 1 heterocycles. The van der Waals surface area contributed by atoms with Crippen molar-refractivity contribution < 1.29 is 9.53 Å². The number of hydrogen-bond donors (Lipinski definition) is 1. The third-order valence-electron chi connectivity index (χ3n) is 2.27. The lowest BCUT2D eigenvalue weighted by Crippen LogP contribution is -2.00. The van der Waals surface area contributed by atoms with Crippen LogP contribution in [0.4, 0.5) is 5.69 Å². The van der Waals surface area contributed by atoms with E-state index in [9.17, 15) is 4.79 Å². The summed E-state index contributed by atoms with van der Waals surface area (Å²) in [4.78, 5) is 12.7. The molecule has 0 atom stereocenters. The first-order chi connectivity index (χ1) is 8.13. The van der Waals surface area contributed by atoms with Gasteiger partial charge in [-0.1, -0.05) is 29.8 Å². The van der Waals surface area contributed by atoms with Gasteiger partial charge in [0.25, 0.3) is 0 Å². The lowest BCUT2D eigenvalue weighted by Gasteiger charge is -1.99. The maximum atomic E-state index is 11.4. The fraction of sp³-hybridized carbons (Fsp3) is 0.0833. The van der Waals surface area contributed by atoms with Gasteiger partial charge in [-0.25, -0.2) is 4.79 Å². The van der Waals surface area contributed by atoms with Gasteiger partial charge in [0.05, 0.1) is 12.8 Å².